The highest BCUT2D eigenvalue weighted by molar-refractivity contribution is 7.90. The monoisotopic (exact) mass is 363 g/mol. The van der Waals surface area contributed by atoms with Crippen LogP contribution in [0.4, 0.5) is 0 Å². The Labute approximate surface area is 149 Å². The van der Waals surface area contributed by atoms with Gasteiger partial charge in [-0.05, 0) is 30.9 Å². The molecule has 25 heavy (non-hydrogen) atoms. The number of amidine groups is 1. The Kier molecular flexibility index (Phi) is 5.13. The molecule has 2 aliphatic heterocycles. The molecule has 0 bridgehead atoms. The van der Waals surface area contributed by atoms with Crippen LogP contribution in [0.3, 0.4) is 0 Å². The number of hydrogen-bond donors (Lipinski definition) is 1. The minimum absolute atomic E-state index is 0.00650. The van der Waals surface area contributed by atoms with E-state index in [9.17, 15) is 13.2 Å². The molecule has 1 aromatic rings. The van der Waals surface area contributed by atoms with Gasteiger partial charge in [-0.2, -0.15) is 0 Å². The van der Waals surface area contributed by atoms with Crippen molar-refractivity contribution in [1.29, 1.82) is 0 Å². The molecule has 1 N–H and O–H groups in total. The zero-order valence-corrected chi connectivity index (χ0v) is 15.6. The molecule has 1 saturated heterocycles. The molecular formula is C18H25N3O3S. The zero-order chi connectivity index (χ0) is 18.0. The molecule has 136 valence electrons. The van der Waals surface area contributed by atoms with Gasteiger partial charge in [-0.3, -0.25) is 14.5 Å². The van der Waals surface area contributed by atoms with Gasteiger partial charge in [0.25, 0.3) is 10.0 Å². The molecule has 0 unspecified atom stereocenters. The summed E-state index contributed by atoms with van der Waals surface area (Å²) >= 11 is 0. The number of hydrogen-bond acceptors (Lipinski definition) is 4. The summed E-state index contributed by atoms with van der Waals surface area (Å²) in [5.41, 5.74) is 0.539. The maximum Gasteiger partial charge on any atom is 0.263 e. The number of fused-ring (bicyclic) bond motifs is 1. The average Bonchev–Trinajstić information content (AvgIpc) is 2.76. The molecule has 1 aromatic carbocycles. The van der Waals surface area contributed by atoms with E-state index in [1.165, 1.54) is 0 Å². The van der Waals surface area contributed by atoms with Gasteiger partial charge < -0.3 is 4.90 Å². The molecule has 0 saturated carbocycles. The summed E-state index contributed by atoms with van der Waals surface area (Å²) in [7, 11) is -3.59. The highest BCUT2D eigenvalue weighted by Gasteiger charge is 2.33. The van der Waals surface area contributed by atoms with Crippen molar-refractivity contribution in [3.05, 3.63) is 29.8 Å². The van der Waals surface area contributed by atoms with E-state index < -0.39 is 16.1 Å². The van der Waals surface area contributed by atoms with E-state index in [4.69, 9.17) is 0 Å². The minimum Gasteiger partial charge on any atom is -0.341 e. The van der Waals surface area contributed by atoms with Crippen molar-refractivity contribution >= 4 is 21.8 Å². The quantitative estimate of drug-likeness (QED) is 0.894. The summed E-state index contributed by atoms with van der Waals surface area (Å²) in [6.07, 6.45) is 4.33. The van der Waals surface area contributed by atoms with Crippen LogP contribution in [0.15, 0.2) is 34.2 Å². The fraction of sp³-hybridized carbons (Fsp3) is 0.556. The lowest BCUT2D eigenvalue weighted by atomic mass is 10.0. The second kappa shape index (κ2) is 7.15. The van der Waals surface area contributed by atoms with E-state index in [0.29, 0.717) is 5.56 Å². The molecule has 3 rings (SSSR count). The van der Waals surface area contributed by atoms with Gasteiger partial charge in [0.1, 0.15) is 11.9 Å². The number of nitrogens with zero attached hydrogens (tertiary/aromatic N) is 2. The van der Waals surface area contributed by atoms with E-state index in [1.54, 1.807) is 24.3 Å². The Morgan fingerprint density at radius 2 is 1.76 bits per heavy atom. The highest BCUT2D eigenvalue weighted by atomic mass is 32.2. The Morgan fingerprint density at radius 3 is 2.40 bits per heavy atom. The summed E-state index contributed by atoms with van der Waals surface area (Å²) in [6.45, 7) is 5.41. The summed E-state index contributed by atoms with van der Waals surface area (Å²) < 4.78 is 27.0. The molecule has 0 radical (unpaired) electrons. The summed E-state index contributed by atoms with van der Waals surface area (Å²) in [4.78, 5) is 19.7. The predicted octanol–water partition coefficient (Wildman–Crippen LogP) is 2.15. The third-order valence-corrected chi connectivity index (χ3v) is 6.13. The van der Waals surface area contributed by atoms with Crippen molar-refractivity contribution in [1.82, 2.24) is 9.62 Å². The van der Waals surface area contributed by atoms with Gasteiger partial charge in [-0.25, -0.2) is 8.42 Å². The van der Waals surface area contributed by atoms with Crippen LogP contribution < -0.4 is 4.72 Å². The van der Waals surface area contributed by atoms with Crippen molar-refractivity contribution in [2.45, 2.75) is 50.5 Å². The fourth-order valence-corrected chi connectivity index (χ4v) is 4.58. The Balaban J connectivity index is 1.92. The predicted molar refractivity (Wildman–Crippen MR) is 97.0 cm³/mol. The molecule has 6 nitrogen and oxygen atoms in total. The minimum atomic E-state index is -3.59. The number of carbonyl (C=O) groups excluding carboxylic acids is 1. The first-order chi connectivity index (χ1) is 11.9. The second-order valence-electron chi connectivity index (χ2n) is 7.01. The normalized spacial score (nSPS) is 22.4. The van der Waals surface area contributed by atoms with Crippen molar-refractivity contribution in [3.63, 3.8) is 0 Å². The molecule has 0 aromatic heterocycles. The third kappa shape index (κ3) is 3.71. The fourth-order valence-electron chi connectivity index (χ4n) is 3.34. The van der Waals surface area contributed by atoms with E-state index in [-0.39, 0.29) is 22.6 Å². The van der Waals surface area contributed by atoms with Crippen LogP contribution in [0.2, 0.25) is 0 Å². The van der Waals surface area contributed by atoms with Crippen LogP contribution in [-0.4, -0.2) is 44.2 Å². The average molecular weight is 363 g/mol. The molecule has 1 amide bonds. The number of rotatable bonds is 3. The maximum atomic E-state index is 13.0. The number of sulfonamides is 1. The van der Waals surface area contributed by atoms with Crippen molar-refractivity contribution < 1.29 is 13.2 Å². The zero-order valence-electron chi connectivity index (χ0n) is 14.7. The molecule has 2 heterocycles. The summed E-state index contributed by atoms with van der Waals surface area (Å²) in [5.74, 6) is 0.256. The van der Waals surface area contributed by atoms with Gasteiger partial charge in [0, 0.05) is 18.7 Å². The van der Waals surface area contributed by atoms with E-state index in [0.717, 1.165) is 38.8 Å². The third-order valence-electron chi connectivity index (χ3n) is 4.73. The van der Waals surface area contributed by atoms with Crippen LogP contribution in [0.5, 0.6) is 0 Å². The van der Waals surface area contributed by atoms with Crippen molar-refractivity contribution in [3.8, 4) is 0 Å². The standard InChI is InChI=1S/C18H25N3O3S/c1-13(2)16(18(22)21-11-7-3-4-8-12-21)19-17-14-9-5-6-10-15(14)25(23,24)20-17/h5-6,9-10,13,16H,3-4,7-8,11-12H2,1-2H3,(H,19,20)/t16-/m0/s1. The first-order valence-corrected chi connectivity index (χ1v) is 10.4. The topological polar surface area (TPSA) is 78.8 Å². The summed E-state index contributed by atoms with van der Waals surface area (Å²) in [5, 5.41) is 0. The molecule has 0 spiro atoms. The smallest absolute Gasteiger partial charge is 0.263 e. The van der Waals surface area contributed by atoms with Crippen LogP contribution >= 0.6 is 0 Å². The largest absolute Gasteiger partial charge is 0.341 e. The van der Waals surface area contributed by atoms with Gasteiger partial charge >= 0.3 is 0 Å². The van der Waals surface area contributed by atoms with E-state index in [1.807, 2.05) is 18.7 Å². The molecule has 0 aliphatic carbocycles. The van der Waals surface area contributed by atoms with Gasteiger partial charge in [0.15, 0.2) is 0 Å². The van der Waals surface area contributed by atoms with Gasteiger partial charge in [-0.15, -0.1) is 0 Å². The highest BCUT2D eigenvalue weighted by Crippen LogP contribution is 2.24. The Hall–Kier alpha value is -1.89. The number of amides is 1. The number of benzene rings is 1. The number of nitrogens with one attached hydrogen (secondary N) is 1. The van der Waals surface area contributed by atoms with Crippen LogP contribution in [0.1, 0.15) is 45.1 Å². The number of carbonyl (C=O) groups is 1. The first-order valence-electron chi connectivity index (χ1n) is 8.89. The number of aliphatic imine (C=N–C) groups is 1. The summed E-state index contributed by atoms with van der Waals surface area (Å²) in [6, 6.07) is 6.16. The van der Waals surface area contributed by atoms with Gasteiger partial charge in [0.2, 0.25) is 5.91 Å². The first kappa shape index (κ1) is 17.9. The Bertz CT molecular complexity index is 779. The van der Waals surface area contributed by atoms with Crippen molar-refractivity contribution in [2.24, 2.45) is 10.9 Å². The lowest BCUT2D eigenvalue weighted by Crippen LogP contribution is -2.42. The SMILES string of the molecule is CC(C)[C@H](N=C1NS(=O)(=O)c2ccccc21)C(=O)N1CCCCCC1. The lowest BCUT2D eigenvalue weighted by Gasteiger charge is -2.26. The molecule has 1 fully saturated rings. The molecule has 7 heteroatoms. The van der Waals surface area contributed by atoms with Crippen LogP contribution in [0, 0.1) is 5.92 Å². The van der Waals surface area contributed by atoms with Crippen LogP contribution in [0.25, 0.3) is 0 Å². The van der Waals surface area contributed by atoms with E-state index >= 15 is 0 Å². The van der Waals surface area contributed by atoms with Gasteiger partial charge in [-0.1, -0.05) is 38.8 Å². The molecule has 2 aliphatic rings. The Morgan fingerprint density at radius 1 is 1.12 bits per heavy atom. The lowest BCUT2D eigenvalue weighted by molar-refractivity contribution is -0.133. The van der Waals surface area contributed by atoms with E-state index in [2.05, 4.69) is 9.71 Å². The molecular weight excluding hydrogens is 338 g/mol. The maximum absolute atomic E-state index is 13.0. The second-order valence-corrected chi connectivity index (χ2v) is 8.66. The number of likely N-dealkylation sites (tertiary alicyclic amines) is 1. The van der Waals surface area contributed by atoms with Crippen molar-refractivity contribution in [2.75, 3.05) is 13.1 Å². The molecule has 1 atom stereocenters. The van der Waals surface area contributed by atoms with Crippen LogP contribution in [-0.2, 0) is 14.8 Å². The van der Waals surface area contributed by atoms with Gasteiger partial charge in [0.05, 0.1) is 4.90 Å².